The maximum atomic E-state index is 12.7. The van der Waals surface area contributed by atoms with Crippen LogP contribution in [-0.2, 0) is 16.5 Å². The summed E-state index contributed by atoms with van der Waals surface area (Å²) in [5, 5.41) is 0. The molecule has 0 aromatic heterocycles. The number of epoxide rings is 1. The van der Waals surface area contributed by atoms with E-state index >= 15 is 0 Å². The molecule has 1 atom stereocenters. The van der Waals surface area contributed by atoms with E-state index in [0.29, 0.717) is 5.56 Å². The summed E-state index contributed by atoms with van der Waals surface area (Å²) in [5.74, 6) is 6.15. The number of hydrogen-bond donors (Lipinski definition) is 0. The van der Waals surface area contributed by atoms with Crippen molar-refractivity contribution >= 4 is 0 Å². The molecule has 0 saturated carbocycles. The molecule has 1 fully saturated rings. The molecule has 1 nitrogen and oxygen atoms in total. The van der Waals surface area contributed by atoms with E-state index in [4.69, 9.17) is 4.74 Å². The van der Waals surface area contributed by atoms with Crippen molar-refractivity contribution in [1.82, 2.24) is 0 Å². The summed E-state index contributed by atoms with van der Waals surface area (Å²) < 4.78 is 43.9. The first-order valence-electron chi connectivity index (χ1n) is 7.21. The van der Waals surface area contributed by atoms with Gasteiger partial charge in [0.25, 0.3) is 0 Å². The standard InChI is InChI=1S/C19H15F3O/c1-17(2)18(23-17,13-12-14-6-4-3-5-7-14)15-8-10-16(11-9-15)19(20,21)22/h3-11H,1-2H3. The highest BCUT2D eigenvalue weighted by Gasteiger charge is 2.64. The molecule has 0 spiro atoms. The van der Waals surface area contributed by atoms with Crippen molar-refractivity contribution in [2.24, 2.45) is 0 Å². The molecule has 0 N–H and O–H groups in total. The second-order valence-corrected chi connectivity index (χ2v) is 5.98. The van der Waals surface area contributed by atoms with Gasteiger partial charge in [-0.15, -0.1) is 0 Å². The van der Waals surface area contributed by atoms with Gasteiger partial charge in [-0.05, 0) is 43.7 Å². The molecule has 3 rings (SSSR count). The monoisotopic (exact) mass is 316 g/mol. The van der Waals surface area contributed by atoms with Crippen molar-refractivity contribution in [2.75, 3.05) is 0 Å². The lowest BCUT2D eigenvalue weighted by Crippen LogP contribution is -2.17. The van der Waals surface area contributed by atoms with Gasteiger partial charge >= 0.3 is 6.18 Å². The average Bonchev–Trinajstić information content (AvgIpc) is 3.08. The van der Waals surface area contributed by atoms with Crippen LogP contribution in [0.15, 0.2) is 54.6 Å². The Labute approximate surface area is 133 Å². The predicted octanol–water partition coefficient (Wildman–Crippen LogP) is 4.76. The van der Waals surface area contributed by atoms with Crippen LogP contribution in [0, 0.1) is 11.8 Å². The Balaban J connectivity index is 1.96. The number of alkyl halides is 3. The van der Waals surface area contributed by atoms with Gasteiger partial charge in [-0.2, -0.15) is 13.2 Å². The van der Waals surface area contributed by atoms with Gasteiger partial charge in [-0.3, -0.25) is 0 Å². The first-order valence-corrected chi connectivity index (χ1v) is 7.21. The molecule has 1 aliphatic rings. The van der Waals surface area contributed by atoms with E-state index in [0.717, 1.165) is 17.7 Å². The zero-order chi connectivity index (χ0) is 16.7. The van der Waals surface area contributed by atoms with Crippen molar-refractivity contribution in [3.63, 3.8) is 0 Å². The highest BCUT2D eigenvalue weighted by atomic mass is 19.4. The number of hydrogen-bond acceptors (Lipinski definition) is 1. The second kappa shape index (κ2) is 5.14. The lowest BCUT2D eigenvalue weighted by atomic mass is 9.88. The summed E-state index contributed by atoms with van der Waals surface area (Å²) >= 11 is 0. The third-order valence-corrected chi connectivity index (χ3v) is 3.99. The van der Waals surface area contributed by atoms with E-state index in [-0.39, 0.29) is 0 Å². The quantitative estimate of drug-likeness (QED) is 0.546. The van der Waals surface area contributed by atoms with Crippen molar-refractivity contribution in [1.29, 1.82) is 0 Å². The molecule has 1 heterocycles. The van der Waals surface area contributed by atoms with E-state index in [1.165, 1.54) is 12.1 Å². The van der Waals surface area contributed by atoms with Crippen LogP contribution < -0.4 is 0 Å². The second-order valence-electron chi connectivity index (χ2n) is 5.98. The molecular formula is C19H15F3O. The summed E-state index contributed by atoms with van der Waals surface area (Å²) in [6.45, 7) is 3.76. The van der Waals surface area contributed by atoms with E-state index in [9.17, 15) is 13.2 Å². The number of ether oxygens (including phenoxy) is 1. The van der Waals surface area contributed by atoms with Gasteiger partial charge in [0.2, 0.25) is 0 Å². The Bertz CT molecular complexity index is 764. The van der Waals surface area contributed by atoms with Crippen molar-refractivity contribution < 1.29 is 17.9 Å². The first kappa shape index (κ1) is 15.6. The summed E-state index contributed by atoms with van der Waals surface area (Å²) in [5.41, 5.74) is -0.600. The normalized spacial score (nSPS) is 22.1. The summed E-state index contributed by atoms with van der Waals surface area (Å²) in [6.07, 6.45) is -4.35. The van der Waals surface area contributed by atoms with Gasteiger partial charge < -0.3 is 4.74 Å². The maximum Gasteiger partial charge on any atom is 0.416 e. The van der Waals surface area contributed by atoms with Gasteiger partial charge in [0.05, 0.1) is 5.56 Å². The van der Waals surface area contributed by atoms with Crippen LogP contribution in [0.1, 0.15) is 30.5 Å². The van der Waals surface area contributed by atoms with Crippen molar-refractivity contribution in [3.8, 4) is 11.8 Å². The van der Waals surface area contributed by atoms with Gasteiger partial charge in [0.1, 0.15) is 5.60 Å². The van der Waals surface area contributed by atoms with E-state index < -0.39 is 22.9 Å². The Morgan fingerprint density at radius 1 is 0.913 bits per heavy atom. The van der Waals surface area contributed by atoms with Crippen LogP contribution in [0.25, 0.3) is 0 Å². The van der Waals surface area contributed by atoms with Crippen LogP contribution in [0.3, 0.4) is 0 Å². The zero-order valence-electron chi connectivity index (χ0n) is 12.7. The molecule has 23 heavy (non-hydrogen) atoms. The number of halogens is 3. The Morgan fingerprint density at radius 3 is 1.96 bits per heavy atom. The fraction of sp³-hybridized carbons (Fsp3) is 0.263. The largest absolute Gasteiger partial charge is 0.416 e. The van der Waals surface area contributed by atoms with Crippen LogP contribution in [0.2, 0.25) is 0 Å². The summed E-state index contributed by atoms with van der Waals surface area (Å²) in [6, 6.07) is 14.4. The van der Waals surface area contributed by atoms with Gasteiger partial charge in [0.15, 0.2) is 5.60 Å². The van der Waals surface area contributed by atoms with Gasteiger partial charge in [-0.25, -0.2) is 0 Å². The third kappa shape index (κ3) is 2.85. The van der Waals surface area contributed by atoms with E-state index in [1.54, 1.807) is 0 Å². The Hall–Kier alpha value is -2.25. The molecule has 1 aliphatic heterocycles. The topological polar surface area (TPSA) is 12.5 Å². The zero-order valence-corrected chi connectivity index (χ0v) is 12.7. The van der Waals surface area contributed by atoms with Crippen LogP contribution in [-0.4, -0.2) is 5.60 Å². The summed E-state index contributed by atoms with van der Waals surface area (Å²) in [7, 11) is 0. The molecule has 1 unspecified atom stereocenters. The number of rotatable bonds is 1. The summed E-state index contributed by atoms with van der Waals surface area (Å²) in [4.78, 5) is 0. The lowest BCUT2D eigenvalue weighted by Gasteiger charge is -2.11. The number of benzene rings is 2. The highest BCUT2D eigenvalue weighted by molar-refractivity contribution is 5.47. The van der Waals surface area contributed by atoms with Crippen LogP contribution in [0.4, 0.5) is 13.2 Å². The van der Waals surface area contributed by atoms with Gasteiger partial charge in [0, 0.05) is 5.56 Å². The maximum absolute atomic E-state index is 12.7. The fourth-order valence-corrected chi connectivity index (χ4v) is 2.59. The molecule has 2 aromatic rings. The molecule has 0 radical (unpaired) electrons. The smallest absolute Gasteiger partial charge is 0.345 e. The predicted molar refractivity (Wildman–Crippen MR) is 81.6 cm³/mol. The average molecular weight is 316 g/mol. The molecule has 0 amide bonds. The van der Waals surface area contributed by atoms with Crippen LogP contribution in [0.5, 0.6) is 0 Å². The molecule has 2 aromatic carbocycles. The Morgan fingerprint density at radius 2 is 1.48 bits per heavy atom. The molecular weight excluding hydrogens is 301 g/mol. The molecule has 4 heteroatoms. The molecule has 0 aliphatic carbocycles. The van der Waals surface area contributed by atoms with Crippen molar-refractivity contribution in [3.05, 3.63) is 71.3 Å². The SMILES string of the molecule is CC1(C)OC1(C#Cc1ccccc1)c1ccc(C(F)(F)F)cc1. The third-order valence-electron chi connectivity index (χ3n) is 3.99. The highest BCUT2D eigenvalue weighted by Crippen LogP contribution is 2.55. The minimum absolute atomic E-state index is 0.533. The molecule has 0 bridgehead atoms. The van der Waals surface area contributed by atoms with Gasteiger partial charge in [-0.1, -0.05) is 42.2 Å². The Kier molecular flexibility index (Phi) is 3.50. The molecule has 118 valence electrons. The first-order chi connectivity index (χ1) is 10.7. The lowest BCUT2D eigenvalue weighted by molar-refractivity contribution is -0.137. The van der Waals surface area contributed by atoms with Crippen LogP contribution >= 0.6 is 0 Å². The minimum atomic E-state index is -4.35. The minimum Gasteiger partial charge on any atom is -0.345 e. The van der Waals surface area contributed by atoms with Crippen molar-refractivity contribution in [2.45, 2.75) is 31.2 Å². The fourth-order valence-electron chi connectivity index (χ4n) is 2.59. The molecule has 1 saturated heterocycles. The van der Waals surface area contributed by atoms with E-state index in [2.05, 4.69) is 11.8 Å². The van der Waals surface area contributed by atoms with E-state index in [1.807, 2.05) is 44.2 Å².